The summed E-state index contributed by atoms with van der Waals surface area (Å²) in [6, 6.07) is 0.0299. The van der Waals surface area contributed by atoms with Gasteiger partial charge in [-0.1, -0.05) is 13.3 Å². The average Bonchev–Trinajstić information content (AvgIpc) is 2.81. The predicted molar refractivity (Wildman–Crippen MR) is 82.3 cm³/mol. The lowest BCUT2D eigenvalue weighted by molar-refractivity contribution is 0.248. The van der Waals surface area contributed by atoms with Crippen molar-refractivity contribution in [3.05, 3.63) is 11.1 Å². The molecule has 20 heavy (non-hydrogen) atoms. The minimum absolute atomic E-state index is 0.0299. The maximum absolute atomic E-state index is 12.5. The summed E-state index contributed by atoms with van der Waals surface area (Å²) in [6.07, 6.45) is 2.91. The van der Waals surface area contributed by atoms with Crippen molar-refractivity contribution in [2.45, 2.75) is 39.2 Å². The number of rotatable bonds is 6. The second kappa shape index (κ2) is 6.84. The van der Waals surface area contributed by atoms with Crippen LogP contribution in [0.3, 0.4) is 0 Å². The topological polar surface area (TPSA) is 74.3 Å². The normalized spacial score (nSPS) is 21.0. The van der Waals surface area contributed by atoms with Crippen LogP contribution in [0.5, 0.6) is 0 Å². The number of hydrogen-bond donors (Lipinski definition) is 2. The molecule has 1 aromatic rings. The van der Waals surface area contributed by atoms with Gasteiger partial charge in [-0.25, -0.2) is 9.71 Å². The SMILES string of the molecule is CCNCC1CCCCN1S(=O)(=O)Nc1nc(C)cs1. The largest absolute Gasteiger partial charge is 0.315 e. The highest BCUT2D eigenvalue weighted by molar-refractivity contribution is 7.90. The number of anilines is 1. The second-order valence-corrected chi connectivity index (χ2v) is 7.45. The fourth-order valence-corrected chi connectivity index (χ4v) is 4.74. The molecule has 114 valence electrons. The Morgan fingerprint density at radius 3 is 2.95 bits per heavy atom. The Morgan fingerprint density at radius 2 is 2.30 bits per heavy atom. The molecule has 1 saturated heterocycles. The van der Waals surface area contributed by atoms with E-state index in [9.17, 15) is 8.42 Å². The summed E-state index contributed by atoms with van der Waals surface area (Å²) < 4.78 is 29.2. The molecule has 0 aliphatic carbocycles. The maximum atomic E-state index is 12.5. The minimum Gasteiger partial charge on any atom is -0.315 e. The molecular formula is C12H22N4O2S2. The highest BCUT2D eigenvalue weighted by Crippen LogP contribution is 2.23. The molecule has 1 aromatic heterocycles. The van der Waals surface area contributed by atoms with Gasteiger partial charge in [0.25, 0.3) is 0 Å². The van der Waals surface area contributed by atoms with E-state index in [1.165, 1.54) is 11.3 Å². The Morgan fingerprint density at radius 1 is 1.50 bits per heavy atom. The fourth-order valence-electron chi connectivity index (χ4n) is 2.38. The highest BCUT2D eigenvalue weighted by atomic mass is 32.2. The van der Waals surface area contributed by atoms with Gasteiger partial charge in [0.05, 0.1) is 5.69 Å². The smallest absolute Gasteiger partial charge is 0.303 e. The zero-order chi connectivity index (χ0) is 14.6. The van der Waals surface area contributed by atoms with Crippen LogP contribution in [-0.4, -0.2) is 43.4 Å². The third kappa shape index (κ3) is 3.91. The van der Waals surface area contributed by atoms with E-state index in [1.807, 2.05) is 19.2 Å². The molecule has 0 spiro atoms. The van der Waals surface area contributed by atoms with Gasteiger partial charge in [0.2, 0.25) is 0 Å². The van der Waals surface area contributed by atoms with Crippen molar-refractivity contribution in [2.24, 2.45) is 0 Å². The first kappa shape index (κ1) is 15.7. The van der Waals surface area contributed by atoms with E-state index < -0.39 is 10.2 Å². The van der Waals surface area contributed by atoms with E-state index in [0.717, 1.165) is 31.5 Å². The molecule has 1 unspecified atom stereocenters. The molecule has 1 aliphatic heterocycles. The lowest BCUT2D eigenvalue weighted by Gasteiger charge is -2.34. The number of thiazole rings is 1. The average molecular weight is 318 g/mol. The van der Waals surface area contributed by atoms with Crippen LogP contribution in [0.25, 0.3) is 0 Å². The van der Waals surface area contributed by atoms with Crippen LogP contribution in [-0.2, 0) is 10.2 Å². The number of nitrogens with one attached hydrogen (secondary N) is 2. The molecule has 0 saturated carbocycles. The summed E-state index contributed by atoms with van der Waals surface area (Å²) in [4.78, 5) is 4.16. The molecule has 0 amide bonds. The number of piperidine rings is 1. The van der Waals surface area contributed by atoms with Gasteiger partial charge in [-0.15, -0.1) is 11.3 Å². The van der Waals surface area contributed by atoms with Crippen LogP contribution in [0.15, 0.2) is 5.38 Å². The van der Waals surface area contributed by atoms with Gasteiger partial charge in [0.1, 0.15) is 0 Å². The Bertz CT molecular complexity index is 529. The number of aromatic nitrogens is 1. The van der Waals surface area contributed by atoms with Crippen molar-refractivity contribution in [1.29, 1.82) is 0 Å². The molecule has 1 fully saturated rings. The maximum Gasteiger partial charge on any atom is 0.303 e. The fraction of sp³-hybridized carbons (Fsp3) is 0.750. The molecule has 2 N–H and O–H groups in total. The first-order chi connectivity index (χ1) is 9.53. The first-order valence-electron chi connectivity index (χ1n) is 6.95. The first-order valence-corrected chi connectivity index (χ1v) is 9.27. The molecule has 0 aromatic carbocycles. The minimum atomic E-state index is -3.51. The van der Waals surface area contributed by atoms with Crippen molar-refractivity contribution < 1.29 is 8.42 Å². The molecule has 6 nitrogen and oxygen atoms in total. The molecule has 2 rings (SSSR count). The summed E-state index contributed by atoms with van der Waals surface area (Å²) in [5, 5.41) is 5.52. The van der Waals surface area contributed by atoms with Gasteiger partial charge in [0.15, 0.2) is 5.13 Å². The van der Waals surface area contributed by atoms with Crippen molar-refractivity contribution in [2.75, 3.05) is 24.4 Å². The molecule has 0 bridgehead atoms. The van der Waals surface area contributed by atoms with Gasteiger partial charge in [-0.3, -0.25) is 0 Å². The lowest BCUT2D eigenvalue weighted by atomic mass is 10.1. The summed E-state index contributed by atoms with van der Waals surface area (Å²) in [7, 11) is -3.51. The van der Waals surface area contributed by atoms with E-state index in [1.54, 1.807) is 4.31 Å². The Balaban J connectivity index is 2.08. The monoisotopic (exact) mass is 318 g/mol. The van der Waals surface area contributed by atoms with Crippen molar-refractivity contribution >= 4 is 26.7 Å². The number of nitrogens with zero attached hydrogens (tertiary/aromatic N) is 2. The standard InChI is InChI=1S/C12H22N4O2S2/c1-3-13-8-11-6-4-5-7-16(11)20(17,18)15-12-14-10(2)9-19-12/h9,11,13H,3-8H2,1-2H3,(H,14,15). The van der Waals surface area contributed by atoms with Crippen LogP contribution in [0.4, 0.5) is 5.13 Å². The Labute approximate surface area is 124 Å². The van der Waals surface area contributed by atoms with Crippen molar-refractivity contribution in [3.63, 3.8) is 0 Å². The third-order valence-corrected chi connectivity index (χ3v) is 5.90. The van der Waals surface area contributed by atoms with E-state index in [4.69, 9.17) is 0 Å². The molecule has 2 heterocycles. The summed E-state index contributed by atoms with van der Waals surface area (Å²) in [5.41, 5.74) is 0.829. The van der Waals surface area contributed by atoms with Crippen molar-refractivity contribution in [3.8, 4) is 0 Å². The summed E-state index contributed by atoms with van der Waals surface area (Å²) >= 11 is 1.32. The van der Waals surface area contributed by atoms with Crippen LogP contribution < -0.4 is 10.0 Å². The van der Waals surface area contributed by atoms with E-state index in [-0.39, 0.29) is 6.04 Å². The number of likely N-dealkylation sites (N-methyl/N-ethyl adjacent to an activating group) is 1. The van der Waals surface area contributed by atoms with E-state index >= 15 is 0 Å². The zero-order valence-corrected chi connectivity index (χ0v) is 13.6. The van der Waals surface area contributed by atoms with E-state index in [2.05, 4.69) is 15.0 Å². The molecule has 8 heteroatoms. The zero-order valence-electron chi connectivity index (χ0n) is 11.9. The number of hydrogen-bond acceptors (Lipinski definition) is 5. The molecular weight excluding hydrogens is 296 g/mol. The van der Waals surface area contributed by atoms with Crippen LogP contribution in [0.1, 0.15) is 31.9 Å². The van der Waals surface area contributed by atoms with Gasteiger partial charge in [-0.2, -0.15) is 12.7 Å². The predicted octanol–water partition coefficient (Wildman–Crippen LogP) is 1.57. The lowest BCUT2D eigenvalue weighted by Crippen LogP contribution is -2.50. The van der Waals surface area contributed by atoms with E-state index in [0.29, 0.717) is 18.2 Å². The highest BCUT2D eigenvalue weighted by Gasteiger charge is 2.32. The summed E-state index contributed by atoms with van der Waals surface area (Å²) in [5.74, 6) is 0. The number of aryl methyl sites for hydroxylation is 1. The Kier molecular flexibility index (Phi) is 5.36. The molecule has 0 radical (unpaired) electrons. The third-order valence-electron chi connectivity index (χ3n) is 3.35. The summed E-state index contributed by atoms with van der Waals surface area (Å²) in [6.45, 7) is 6.01. The van der Waals surface area contributed by atoms with Crippen LogP contribution >= 0.6 is 11.3 Å². The van der Waals surface area contributed by atoms with Gasteiger partial charge in [0, 0.05) is 24.5 Å². The van der Waals surface area contributed by atoms with Gasteiger partial charge < -0.3 is 5.32 Å². The van der Waals surface area contributed by atoms with Crippen LogP contribution in [0.2, 0.25) is 0 Å². The van der Waals surface area contributed by atoms with Gasteiger partial charge >= 0.3 is 10.2 Å². The second-order valence-electron chi connectivity index (χ2n) is 4.97. The molecule has 1 atom stereocenters. The molecule has 1 aliphatic rings. The van der Waals surface area contributed by atoms with Crippen molar-refractivity contribution in [1.82, 2.24) is 14.6 Å². The quantitative estimate of drug-likeness (QED) is 0.835. The van der Waals surface area contributed by atoms with Crippen LogP contribution in [0, 0.1) is 6.92 Å². The Hall–Kier alpha value is -0.700. The van der Waals surface area contributed by atoms with Gasteiger partial charge in [-0.05, 0) is 26.3 Å².